The zero-order valence-electron chi connectivity index (χ0n) is 11.0. The van der Waals surface area contributed by atoms with Crippen molar-refractivity contribution in [1.82, 2.24) is 0 Å². The Morgan fingerprint density at radius 3 is 2.15 bits per heavy atom. The molecule has 2 heteroatoms. The van der Waals surface area contributed by atoms with Gasteiger partial charge in [-0.3, -0.25) is 0 Å². The molecular weight excluding hydrogens is 246 g/mol. The van der Waals surface area contributed by atoms with E-state index >= 15 is 0 Å². The lowest BCUT2D eigenvalue weighted by atomic mass is 10.1. The van der Waals surface area contributed by atoms with Gasteiger partial charge in [0.05, 0.1) is 6.26 Å². The Bertz CT molecular complexity index is 797. The van der Waals surface area contributed by atoms with Gasteiger partial charge in [-0.2, -0.15) is 0 Å². The highest BCUT2D eigenvalue weighted by Crippen LogP contribution is 2.19. The van der Waals surface area contributed by atoms with Crippen LogP contribution in [0.4, 0.5) is 5.69 Å². The number of nitrogen functional groups attached to an aromatic ring is 1. The van der Waals surface area contributed by atoms with Gasteiger partial charge in [0.25, 0.3) is 0 Å². The van der Waals surface area contributed by atoms with Crippen molar-refractivity contribution in [2.45, 2.75) is 0 Å². The Hall–Kier alpha value is -2.74. The van der Waals surface area contributed by atoms with Gasteiger partial charge in [0.1, 0.15) is 5.58 Å². The van der Waals surface area contributed by atoms with Crippen LogP contribution in [-0.2, 0) is 0 Å². The van der Waals surface area contributed by atoms with Gasteiger partial charge in [0, 0.05) is 16.5 Å². The smallest absolute Gasteiger partial charge is 0.133 e. The lowest BCUT2D eigenvalue weighted by Crippen LogP contribution is -1.84. The van der Waals surface area contributed by atoms with E-state index in [-0.39, 0.29) is 0 Å². The molecule has 0 aliphatic carbocycles. The lowest BCUT2D eigenvalue weighted by molar-refractivity contribution is 0.616. The maximum Gasteiger partial charge on any atom is 0.133 e. The van der Waals surface area contributed by atoms with Gasteiger partial charge in [0.2, 0.25) is 0 Å². The van der Waals surface area contributed by atoms with Crippen molar-refractivity contribution in [3.05, 3.63) is 79.1 Å². The van der Waals surface area contributed by atoms with E-state index < -0.39 is 0 Å². The minimum atomic E-state index is 0.850. The predicted octanol–water partition coefficient (Wildman–Crippen LogP) is 4.85. The molecule has 98 valence electrons. The van der Waals surface area contributed by atoms with Crippen LogP contribution in [-0.4, -0.2) is 0 Å². The molecule has 0 saturated carbocycles. The molecule has 1 heterocycles. The van der Waals surface area contributed by atoms with Crippen LogP contribution < -0.4 is 5.73 Å². The highest BCUT2D eigenvalue weighted by molar-refractivity contribution is 5.92. The molecule has 4 rings (SSSR count). The molecule has 4 aromatic rings. The zero-order chi connectivity index (χ0) is 13.8. The summed E-state index contributed by atoms with van der Waals surface area (Å²) in [6.07, 6.45) is 1.70. The van der Waals surface area contributed by atoms with Crippen LogP contribution >= 0.6 is 0 Å². The monoisotopic (exact) mass is 261 g/mol. The van der Waals surface area contributed by atoms with Crippen LogP contribution in [0.3, 0.4) is 0 Å². The van der Waals surface area contributed by atoms with E-state index in [4.69, 9.17) is 10.2 Å². The van der Waals surface area contributed by atoms with E-state index in [1.54, 1.807) is 6.26 Å². The minimum absolute atomic E-state index is 0.850. The number of hydrogen-bond acceptors (Lipinski definition) is 2. The second kappa shape index (κ2) is 5.49. The maximum atomic E-state index is 5.76. The topological polar surface area (TPSA) is 39.2 Å². The Kier molecular flexibility index (Phi) is 3.38. The molecule has 20 heavy (non-hydrogen) atoms. The number of benzene rings is 3. The van der Waals surface area contributed by atoms with Crippen molar-refractivity contribution >= 4 is 27.4 Å². The second-order valence-electron chi connectivity index (χ2n) is 4.53. The summed E-state index contributed by atoms with van der Waals surface area (Å²) in [6.45, 7) is 0. The van der Waals surface area contributed by atoms with Gasteiger partial charge in [0.15, 0.2) is 0 Å². The number of fused-ring (bicyclic) bond motifs is 2. The van der Waals surface area contributed by atoms with E-state index in [0.29, 0.717) is 0 Å². The Labute approximate surface area is 117 Å². The average molecular weight is 261 g/mol. The number of para-hydroxylation sites is 1. The standard InChI is InChI=1S/C10H9N.C8H6O/c11-10-7-3-5-8-4-1-2-6-9(8)10;1-2-4-8-7(3-1)5-6-9-8/h1-7H,11H2;1-6H. The molecule has 1 aromatic heterocycles. The molecular formula is C18H15NO. The van der Waals surface area contributed by atoms with Crippen LogP contribution in [0.2, 0.25) is 0 Å². The number of hydrogen-bond donors (Lipinski definition) is 1. The zero-order valence-corrected chi connectivity index (χ0v) is 11.0. The summed E-state index contributed by atoms with van der Waals surface area (Å²) in [7, 11) is 0. The first-order valence-corrected chi connectivity index (χ1v) is 6.50. The maximum absolute atomic E-state index is 5.76. The minimum Gasteiger partial charge on any atom is -0.464 e. The molecule has 0 aliphatic rings. The Balaban J connectivity index is 0.000000123. The van der Waals surface area contributed by atoms with E-state index in [0.717, 1.165) is 22.0 Å². The van der Waals surface area contributed by atoms with Crippen molar-refractivity contribution in [2.75, 3.05) is 5.73 Å². The summed E-state index contributed by atoms with van der Waals surface area (Å²) in [6, 6.07) is 24.0. The van der Waals surface area contributed by atoms with E-state index in [1.807, 2.05) is 60.7 Å². The fourth-order valence-corrected chi connectivity index (χ4v) is 2.16. The highest BCUT2D eigenvalue weighted by atomic mass is 16.3. The quantitative estimate of drug-likeness (QED) is 0.459. The number of nitrogens with two attached hydrogens (primary N) is 1. The van der Waals surface area contributed by atoms with Crippen LogP contribution in [0.5, 0.6) is 0 Å². The number of anilines is 1. The van der Waals surface area contributed by atoms with Gasteiger partial charge in [-0.15, -0.1) is 0 Å². The van der Waals surface area contributed by atoms with Crippen LogP contribution in [0.1, 0.15) is 0 Å². The molecule has 0 aliphatic heterocycles. The van der Waals surface area contributed by atoms with Gasteiger partial charge in [-0.25, -0.2) is 0 Å². The summed E-state index contributed by atoms with van der Waals surface area (Å²) in [5.74, 6) is 0. The predicted molar refractivity (Wildman–Crippen MR) is 84.6 cm³/mol. The lowest BCUT2D eigenvalue weighted by Gasteiger charge is -1.98. The first-order chi connectivity index (χ1) is 9.84. The molecule has 0 atom stereocenters. The SMILES string of the molecule is Nc1cccc2ccccc12.c1ccc2occc2c1. The number of rotatable bonds is 0. The normalized spacial score (nSPS) is 10.2. The van der Waals surface area contributed by atoms with Crippen molar-refractivity contribution in [3.63, 3.8) is 0 Å². The van der Waals surface area contributed by atoms with Gasteiger partial charge >= 0.3 is 0 Å². The largest absolute Gasteiger partial charge is 0.464 e. The summed E-state index contributed by atoms with van der Waals surface area (Å²) in [5, 5.41) is 3.50. The summed E-state index contributed by atoms with van der Waals surface area (Å²) in [4.78, 5) is 0. The van der Waals surface area contributed by atoms with E-state index in [1.165, 1.54) is 5.39 Å². The molecule has 0 fully saturated rings. The van der Waals surface area contributed by atoms with Crippen molar-refractivity contribution in [2.24, 2.45) is 0 Å². The molecule has 3 aromatic carbocycles. The molecule has 0 radical (unpaired) electrons. The first-order valence-electron chi connectivity index (χ1n) is 6.50. The van der Waals surface area contributed by atoms with Crippen LogP contribution in [0.15, 0.2) is 83.5 Å². The van der Waals surface area contributed by atoms with Gasteiger partial charge in [-0.1, -0.05) is 54.6 Å². The Morgan fingerprint density at radius 2 is 1.35 bits per heavy atom. The highest BCUT2D eigenvalue weighted by Gasteiger charge is 1.92. The average Bonchev–Trinajstić information content (AvgIpc) is 2.97. The van der Waals surface area contributed by atoms with Gasteiger partial charge < -0.3 is 10.2 Å². The summed E-state index contributed by atoms with van der Waals surface area (Å²) in [5.41, 5.74) is 7.56. The summed E-state index contributed by atoms with van der Waals surface area (Å²) < 4.78 is 5.12. The Morgan fingerprint density at radius 1 is 0.650 bits per heavy atom. The van der Waals surface area contributed by atoms with Crippen molar-refractivity contribution < 1.29 is 4.42 Å². The number of furan rings is 1. The fourth-order valence-electron chi connectivity index (χ4n) is 2.16. The molecule has 2 nitrogen and oxygen atoms in total. The van der Waals surface area contributed by atoms with Crippen LogP contribution in [0.25, 0.3) is 21.7 Å². The van der Waals surface area contributed by atoms with Crippen molar-refractivity contribution in [3.8, 4) is 0 Å². The van der Waals surface area contributed by atoms with E-state index in [9.17, 15) is 0 Å². The molecule has 0 saturated heterocycles. The second-order valence-corrected chi connectivity index (χ2v) is 4.53. The molecule has 0 bridgehead atoms. The van der Waals surface area contributed by atoms with Gasteiger partial charge in [-0.05, 0) is 23.6 Å². The third-order valence-corrected chi connectivity index (χ3v) is 3.18. The molecule has 0 unspecified atom stereocenters. The summed E-state index contributed by atoms with van der Waals surface area (Å²) >= 11 is 0. The fraction of sp³-hybridized carbons (Fsp3) is 0. The third-order valence-electron chi connectivity index (χ3n) is 3.18. The molecule has 0 spiro atoms. The molecule has 2 N–H and O–H groups in total. The van der Waals surface area contributed by atoms with Crippen LogP contribution in [0, 0.1) is 0 Å². The molecule has 0 amide bonds. The third kappa shape index (κ3) is 2.50. The first kappa shape index (κ1) is 12.3. The van der Waals surface area contributed by atoms with Crippen molar-refractivity contribution in [1.29, 1.82) is 0 Å². The van der Waals surface area contributed by atoms with E-state index in [2.05, 4.69) is 12.1 Å².